The van der Waals surface area contributed by atoms with E-state index in [2.05, 4.69) is 49.3 Å². The van der Waals surface area contributed by atoms with Gasteiger partial charge in [0, 0.05) is 6.54 Å². The van der Waals surface area contributed by atoms with Crippen molar-refractivity contribution in [3.63, 3.8) is 0 Å². The number of hydrogen-bond acceptors (Lipinski definition) is 2. The molecule has 2 heteroatoms. The highest BCUT2D eigenvalue weighted by Crippen LogP contribution is 2.11. The number of aryl methyl sites for hydroxylation is 2. The fourth-order valence-electron chi connectivity index (χ4n) is 2.23. The van der Waals surface area contributed by atoms with Gasteiger partial charge in [0.15, 0.2) is 0 Å². The second-order valence-corrected chi connectivity index (χ2v) is 5.29. The second-order valence-electron chi connectivity index (χ2n) is 5.29. The van der Waals surface area contributed by atoms with Crippen LogP contribution in [0.25, 0.3) is 0 Å². The SMILES string of the molecule is CNCCCCN(C)CCc1ccc(C)cc1C. The van der Waals surface area contributed by atoms with Gasteiger partial charge in [-0.2, -0.15) is 0 Å². The third-order valence-electron chi connectivity index (χ3n) is 3.48. The number of nitrogens with zero attached hydrogens (tertiary/aromatic N) is 1. The van der Waals surface area contributed by atoms with Crippen LogP contribution in [0.2, 0.25) is 0 Å². The third-order valence-corrected chi connectivity index (χ3v) is 3.48. The maximum Gasteiger partial charge on any atom is 0.00189 e. The Kier molecular flexibility index (Phi) is 6.99. The van der Waals surface area contributed by atoms with Gasteiger partial charge in [0.05, 0.1) is 0 Å². The van der Waals surface area contributed by atoms with Crippen LogP contribution >= 0.6 is 0 Å². The smallest absolute Gasteiger partial charge is 0.00189 e. The molecule has 2 nitrogen and oxygen atoms in total. The van der Waals surface area contributed by atoms with E-state index in [1.54, 1.807) is 0 Å². The maximum absolute atomic E-state index is 3.19. The van der Waals surface area contributed by atoms with Crippen LogP contribution in [0.3, 0.4) is 0 Å². The molecular weight excluding hydrogens is 220 g/mol. The lowest BCUT2D eigenvalue weighted by molar-refractivity contribution is 0.329. The molecule has 0 aromatic heterocycles. The van der Waals surface area contributed by atoms with E-state index in [9.17, 15) is 0 Å². The highest BCUT2D eigenvalue weighted by Gasteiger charge is 2.02. The number of unbranched alkanes of at least 4 members (excludes halogenated alkanes) is 1. The largest absolute Gasteiger partial charge is 0.320 e. The molecule has 0 amide bonds. The zero-order valence-corrected chi connectivity index (χ0v) is 12.4. The molecule has 0 saturated heterocycles. The first-order valence-electron chi connectivity index (χ1n) is 7.02. The Morgan fingerprint density at radius 3 is 2.56 bits per heavy atom. The Hall–Kier alpha value is -0.860. The Bertz CT molecular complexity index is 347. The van der Waals surface area contributed by atoms with Gasteiger partial charge in [-0.15, -0.1) is 0 Å². The van der Waals surface area contributed by atoms with Crippen LogP contribution in [-0.2, 0) is 6.42 Å². The third kappa shape index (κ3) is 5.65. The van der Waals surface area contributed by atoms with Gasteiger partial charge in [0.1, 0.15) is 0 Å². The quantitative estimate of drug-likeness (QED) is 0.712. The Labute approximate surface area is 112 Å². The number of nitrogens with one attached hydrogen (secondary N) is 1. The van der Waals surface area contributed by atoms with E-state index in [-0.39, 0.29) is 0 Å². The van der Waals surface area contributed by atoms with Gasteiger partial charge in [0.25, 0.3) is 0 Å². The first kappa shape index (κ1) is 15.2. The Morgan fingerprint density at radius 2 is 1.89 bits per heavy atom. The molecule has 0 heterocycles. The molecule has 1 rings (SSSR count). The van der Waals surface area contributed by atoms with E-state index in [4.69, 9.17) is 0 Å². The molecule has 1 aromatic rings. The lowest BCUT2D eigenvalue weighted by Gasteiger charge is -2.17. The van der Waals surface area contributed by atoms with Crippen LogP contribution in [-0.4, -0.2) is 38.6 Å². The minimum absolute atomic E-state index is 1.13. The summed E-state index contributed by atoms with van der Waals surface area (Å²) in [6.45, 7) is 7.86. The lowest BCUT2D eigenvalue weighted by atomic mass is 10.0. The first-order chi connectivity index (χ1) is 8.63. The van der Waals surface area contributed by atoms with Crippen LogP contribution in [0, 0.1) is 13.8 Å². The fourth-order valence-corrected chi connectivity index (χ4v) is 2.23. The summed E-state index contributed by atoms with van der Waals surface area (Å²) in [7, 11) is 4.24. The van der Waals surface area contributed by atoms with Crippen molar-refractivity contribution in [2.75, 3.05) is 33.7 Å². The monoisotopic (exact) mass is 248 g/mol. The van der Waals surface area contributed by atoms with Gasteiger partial charge in [-0.1, -0.05) is 23.8 Å². The summed E-state index contributed by atoms with van der Waals surface area (Å²) < 4.78 is 0. The molecule has 0 unspecified atom stereocenters. The van der Waals surface area contributed by atoms with E-state index in [0.29, 0.717) is 0 Å². The summed E-state index contributed by atoms with van der Waals surface area (Å²) in [5, 5.41) is 3.19. The number of likely N-dealkylation sites (N-methyl/N-ethyl adjacent to an activating group) is 1. The van der Waals surface area contributed by atoms with Crippen LogP contribution < -0.4 is 5.32 Å². The zero-order chi connectivity index (χ0) is 13.4. The molecule has 1 aromatic carbocycles. The average Bonchev–Trinajstić information content (AvgIpc) is 2.33. The summed E-state index contributed by atoms with van der Waals surface area (Å²) in [5.74, 6) is 0. The van der Waals surface area contributed by atoms with Crippen LogP contribution in [0.15, 0.2) is 18.2 Å². The van der Waals surface area contributed by atoms with Crippen LogP contribution in [0.4, 0.5) is 0 Å². The minimum Gasteiger partial charge on any atom is -0.320 e. The van der Waals surface area contributed by atoms with Crippen molar-refractivity contribution in [3.8, 4) is 0 Å². The van der Waals surface area contributed by atoms with Gasteiger partial charge >= 0.3 is 0 Å². The predicted molar refractivity (Wildman–Crippen MR) is 80.3 cm³/mol. The zero-order valence-electron chi connectivity index (χ0n) is 12.4. The van der Waals surface area contributed by atoms with Crippen molar-refractivity contribution in [2.24, 2.45) is 0 Å². The molecule has 0 fully saturated rings. The van der Waals surface area contributed by atoms with Crippen molar-refractivity contribution in [1.82, 2.24) is 10.2 Å². The van der Waals surface area contributed by atoms with Crippen molar-refractivity contribution in [1.29, 1.82) is 0 Å². The fraction of sp³-hybridized carbons (Fsp3) is 0.625. The highest BCUT2D eigenvalue weighted by atomic mass is 15.1. The Morgan fingerprint density at radius 1 is 1.11 bits per heavy atom. The summed E-state index contributed by atoms with van der Waals surface area (Å²) in [4.78, 5) is 2.44. The molecule has 0 atom stereocenters. The predicted octanol–water partition coefficient (Wildman–Crippen LogP) is 2.78. The molecule has 102 valence electrons. The van der Waals surface area contributed by atoms with E-state index in [1.807, 2.05) is 7.05 Å². The minimum atomic E-state index is 1.13. The molecule has 0 saturated carbocycles. The molecule has 0 aliphatic carbocycles. The topological polar surface area (TPSA) is 15.3 Å². The Balaban J connectivity index is 2.27. The molecule has 0 spiro atoms. The first-order valence-corrected chi connectivity index (χ1v) is 7.02. The van der Waals surface area contributed by atoms with Crippen molar-refractivity contribution < 1.29 is 0 Å². The van der Waals surface area contributed by atoms with Crippen LogP contribution in [0.1, 0.15) is 29.5 Å². The van der Waals surface area contributed by atoms with Gasteiger partial charge in [-0.3, -0.25) is 0 Å². The van der Waals surface area contributed by atoms with E-state index < -0.39 is 0 Å². The standard InChI is InChI=1S/C16H28N2/c1-14-7-8-16(15(2)13-14)9-12-18(4)11-6-5-10-17-3/h7-8,13,17H,5-6,9-12H2,1-4H3. The lowest BCUT2D eigenvalue weighted by Crippen LogP contribution is -2.23. The second kappa shape index (κ2) is 8.28. The van der Waals surface area contributed by atoms with Gasteiger partial charge in [-0.25, -0.2) is 0 Å². The van der Waals surface area contributed by atoms with E-state index >= 15 is 0 Å². The summed E-state index contributed by atoms with van der Waals surface area (Å²) in [5.41, 5.74) is 4.28. The molecule has 18 heavy (non-hydrogen) atoms. The normalized spacial score (nSPS) is 11.2. The number of rotatable bonds is 8. The van der Waals surface area contributed by atoms with Gasteiger partial charge < -0.3 is 10.2 Å². The molecule has 0 radical (unpaired) electrons. The average molecular weight is 248 g/mol. The molecular formula is C16H28N2. The van der Waals surface area contributed by atoms with Crippen molar-refractivity contribution in [3.05, 3.63) is 34.9 Å². The van der Waals surface area contributed by atoms with Crippen molar-refractivity contribution in [2.45, 2.75) is 33.1 Å². The number of hydrogen-bond donors (Lipinski definition) is 1. The van der Waals surface area contributed by atoms with E-state index in [1.165, 1.54) is 36.1 Å². The maximum atomic E-state index is 3.19. The van der Waals surface area contributed by atoms with Gasteiger partial charge in [-0.05, 0) is 71.4 Å². The number of benzene rings is 1. The molecule has 1 N–H and O–H groups in total. The van der Waals surface area contributed by atoms with Crippen molar-refractivity contribution >= 4 is 0 Å². The van der Waals surface area contributed by atoms with Crippen LogP contribution in [0.5, 0.6) is 0 Å². The summed E-state index contributed by atoms with van der Waals surface area (Å²) in [6.07, 6.45) is 3.71. The highest BCUT2D eigenvalue weighted by molar-refractivity contribution is 5.30. The molecule has 0 bridgehead atoms. The van der Waals surface area contributed by atoms with E-state index in [0.717, 1.165) is 19.5 Å². The summed E-state index contributed by atoms with van der Waals surface area (Å²) in [6, 6.07) is 6.77. The molecule has 0 aliphatic heterocycles. The molecule has 0 aliphatic rings. The summed E-state index contributed by atoms with van der Waals surface area (Å²) >= 11 is 0. The van der Waals surface area contributed by atoms with Gasteiger partial charge in [0.2, 0.25) is 0 Å².